The highest BCUT2D eigenvalue weighted by atomic mass is 35.5. The summed E-state index contributed by atoms with van der Waals surface area (Å²) in [7, 11) is 0. The first-order valence-corrected chi connectivity index (χ1v) is 5.75. The lowest BCUT2D eigenvalue weighted by molar-refractivity contribution is 0.0544. The van der Waals surface area contributed by atoms with E-state index < -0.39 is 0 Å². The van der Waals surface area contributed by atoms with Crippen LogP contribution in [0.5, 0.6) is 5.75 Å². The van der Waals surface area contributed by atoms with Crippen LogP contribution in [-0.2, 0) is 10.6 Å². The molecule has 0 heterocycles. The van der Waals surface area contributed by atoms with Gasteiger partial charge in [0.1, 0.15) is 6.61 Å². The molecule has 0 N–H and O–H groups in total. The van der Waals surface area contributed by atoms with Gasteiger partial charge in [-0.05, 0) is 31.5 Å². The standard InChI is InChI=1S/C12H16ClFO2/c1-9(2)15-5-6-16-12-4-3-10(8-13)7-11(12)14/h3-4,7,9H,5-6,8H2,1-2H3. The monoisotopic (exact) mass is 246 g/mol. The Hall–Kier alpha value is -0.800. The minimum Gasteiger partial charge on any atom is -0.488 e. The smallest absolute Gasteiger partial charge is 0.165 e. The van der Waals surface area contributed by atoms with E-state index in [9.17, 15) is 4.39 Å². The van der Waals surface area contributed by atoms with E-state index in [4.69, 9.17) is 21.1 Å². The third kappa shape index (κ3) is 4.37. The minimum absolute atomic E-state index is 0.159. The van der Waals surface area contributed by atoms with Crippen LogP contribution in [0.25, 0.3) is 0 Å². The second kappa shape index (κ2) is 6.71. The van der Waals surface area contributed by atoms with Gasteiger partial charge >= 0.3 is 0 Å². The summed E-state index contributed by atoms with van der Waals surface area (Å²) in [5.41, 5.74) is 0.741. The van der Waals surface area contributed by atoms with E-state index in [0.717, 1.165) is 5.56 Å². The van der Waals surface area contributed by atoms with E-state index in [1.807, 2.05) is 13.8 Å². The fraction of sp³-hybridized carbons (Fsp3) is 0.500. The molecule has 0 aliphatic carbocycles. The van der Waals surface area contributed by atoms with Crippen LogP contribution in [0.2, 0.25) is 0 Å². The van der Waals surface area contributed by atoms with Gasteiger partial charge in [-0.25, -0.2) is 4.39 Å². The molecule has 1 rings (SSSR count). The van der Waals surface area contributed by atoms with Crippen LogP contribution < -0.4 is 4.74 Å². The zero-order valence-corrected chi connectivity index (χ0v) is 10.3. The van der Waals surface area contributed by atoms with Gasteiger partial charge in [0.25, 0.3) is 0 Å². The molecule has 0 spiro atoms. The van der Waals surface area contributed by atoms with Crippen LogP contribution in [0.1, 0.15) is 19.4 Å². The third-order valence-electron chi connectivity index (χ3n) is 1.94. The quantitative estimate of drug-likeness (QED) is 0.566. The summed E-state index contributed by atoms with van der Waals surface area (Å²) in [4.78, 5) is 0. The van der Waals surface area contributed by atoms with E-state index >= 15 is 0 Å². The second-order valence-electron chi connectivity index (χ2n) is 3.67. The fourth-order valence-electron chi connectivity index (χ4n) is 1.18. The van der Waals surface area contributed by atoms with Crippen LogP contribution >= 0.6 is 11.6 Å². The Morgan fingerprint density at radius 2 is 2.06 bits per heavy atom. The molecule has 0 aliphatic rings. The predicted molar refractivity (Wildman–Crippen MR) is 62.5 cm³/mol. The van der Waals surface area contributed by atoms with E-state index in [0.29, 0.717) is 19.1 Å². The van der Waals surface area contributed by atoms with E-state index in [1.54, 1.807) is 12.1 Å². The molecule has 0 fully saturated rings. The molecule has 0 amide bonds. The zero-order valence-electron chi connectivity index (χ0n) is 9.50. The Balaban J connectivity index is 2.42. The lowest BCUT2D eigenvalue weighted by Crippen LogP contribution is -2.11. The molecule has 16 heavy (non-hydrogen) atoms. The van der Waals surface area contributed by atoms with Crippen molar-refractivity contribution >= 4 is 11.6 Å². The molecule has 0 aliphatic heterocycles. The lowest BCUT2D eigenvalue weighted by atomic mass is 10.2. The van der Waals surface area contributed by atoms with Crippen LogP contribution in [0.15, 0.2) is 18.2 Å². The SMILES string of the molecule is CC(C)OCCOc1ccc(CCl)cc1F. The molecule has 0 saturated heterocycles. The van der Waals surface area contributed by atoms with E-state index in [-0.39, 0.29) is 17.7 Å². The normalized spacial score (nSPS) is 10.8. The first-order chi connectivity index (χ1) is 7.63. The molecule has 0 atom stereocenters. The molecule has 90 valence electrons. The van der Waals surface area contributed by atoms with Crippen LogP contribution in [-0.4, -0.2) is 19.3 Å². The molecule has 0 unspecified atom stereocenters. The van der Waals surface area contributed by atoms with Crippen molar-refractivity contribution in [3.63, 3.8) is 0 Å². The van der Waals surface area contributed by atoms with Gasteiger partial charge < -0.3 is 9.47 Å². The highest BCUT2D eigenvalue weighted by Gasteiger charge is 2.04. The molecule has 0 radical (unpaired) electrons. The van der Waals surface area contributed by atoms with Gasteiger partial charge in [0.05, 0.1) is 12.7 Å². The zero-order chi connectivity index (χ0) is 12.0. The van der Waals surface area contributed by atoms with Crippen molar-refractivity contribution in [1.82, 2.24) is 0 Å². The third-order valence-corrected chi connectivity index (χ3v) is 2.25. The molecule has 4 heteroatoms. The highest BCUT2D eigenvalue weighted by Crippen LogP contribution is 2.19. The number of alkyl halides is 1. The summed E-state index contributed by atoms with van der Waals surface area (Å²) in [6.45, 7) is 4.68. The Labute approximate surface area is 100 Å². The number of ether oxygens (including phenoxy) is 2. The van der Waals surface area contributed by atoms with Gasteiger partial charge in [0.15, 0.2) is 11.6 Å². The maximum atomic E-state index is 13.4. The maximum Gasteiger partial charge on any atom is 0.165 e. The van der Waals surface area contributed by atoms with Gasteiger partial charge in [-0.2, -0.15) is 0 Å². The summed E-state index contributed by atoms with van der Waals surface area (Å²) < 4.78 is 23.9. The lowest BCUT2D eigenvalue weighted by Gasteiger charge is -2.10. The van der Waals surface area contributed by atoms with Gasteiger partial charge in [-0.3, -0.25) is 0 Å². The van der Waals surface area contributed by atoms with Gasteiger partial charge in [-0.1, -0.05) is 6.07 Å². The van der Waals surface area contributed by atoms with Crippen molar-refractivity contribution in [2.75, 3.05) is 13.2 Å². The van der Waals surface area contributed by atoms with Crippen molar-refractivity contribution in [3.05, 3.63) is 29.6 Å². The molecule has 2 nitrogen and oxygen atoms in total. The predicted octanol–water partition coefficient (Wildman–Crippen LogP) is 3.37. The first-order valence-electron chi connectivity index (χ1n) is 5.22. The Morgan fingerprint density at radius 1 is 1.31 bits per heavy atom. The number of rotatable bonds is 6. The molecular formula is C12H16ClFO2. The topological polar surface area (TPSA) is 18.5 Å². The molecule has 0 aromatic heterocycles. The summed E-state index contributed by atoms with van der Waals surface area (Å²) in [6.07, 6.45) is 0.159. The Kier molecular flexibility index (Phi) is 5.56. The van der Waals surface area contributed by atoms with E-state index in [2.05, 4.69) is 0 Å². The van der Waals surface area contributed by atoms with Crippen molar-refractivity contribution in [2.45, 2.75) is 25.8 Å². The largest absolute Gasteiger partial charge is 0.488 e. The van der Waals surface area contributed by atoms with Crippen LogP contribution in [0.3, 0.4) is 0 Å². The summed E-state index contributed by atoms with van der Waals surface area (Å²) in [5, 5.41) is 0. The van der Waals surface area contributed by atoms with Crippen molar-refractivity contribution < 1.29 is 13.9 Å². The number of hydrogen-bond acceptors (Lipinski definition) is 2. The summed E-state index contributed by atoms with van der Waals surface area (Å²) >= 11 is 5.59. The number of benzene rings is 1. The van der Waals surface area contributed by atoms with Crippen LogP contribution in [0.4, 0.5) is 4.39 Å². The van der Waals surface area contributed by atoms with Crippen LogP contribution in [0, 0.1) is 5.82 Å². The molecule has 0 bridgehead atoms. The summed E-state index contributed by atoms with van der Waals surface area (Å²) in [5.74, 6) is 0.150. The Morgan fingerprint density at radius 3 is 2.62 bits per heavy atom. The molecule has 0 saturated carbocycles. The number of hydrogen-bond donors (Lipinski definition) is 0. The fourth-order valence-corrected chi connectivity index (χ4v) is 1.35. The number of halogens is 2. The maximum absolute atomic E-state index is 13.4. The van der Waals surface area contributed by atoms with Crippen molar-refractivity contribution in [3.8, 4) is 5.75 Å². The first kappa shape index (κ1) is 13.3. The van der Waals surface area contributed by atoms with Crippen molar-refractivity contribution in [2.24, 2.45) is 0 Å². The summed E-state index contributed by atoms with van der Waals surface area (Å²) in [6, 6.07) is 4.71. The average molecular weight is 247 g/mol. The Bertz CT molecular complexity index is 329. The minimum atomic E-state index is -0.386. The van der Waals surface area contributed by atoms with Gasteiger partial charge in [0.2, 0.25) is 0 Å². The second-order valence-corrected chi connectivity index (χ2v) is 3.93. The van der Waals surface area contributed by atoms with Gasteiger partial charge in [0, 0.05) is 5.88 Å². The highest BCUT2D eigenvalue weighted by molar-refractivity contribution is 6.17. The molecular weight excluding hydrogens is 231 g/mol. The average Bonchev–Trinajstić information content (AvgIpc) is 2.25. The van der Waals surface area contributed by atoms with E-state index in [1.165, 1.54) is 6.07 Å². The molecule has 1 aromatic carbocycles. The van der Waals surface area contributed by atoms with Crippen molar-refractivity contribution in [1.29, 1.82) is 0 Å². The molecule has 1 aromatic rings. The van der Waals surface area contributed by atoms with Gasteiger partial charge in [-0.15, -0.1) is 11.6 Å².